The van der Waals surface area contributed by atoms with Crippen LogP contribution in [0.3, 0.4) is 0 Å². The zero-order valence-electron chi connectivity index (χ0n) is 13.0. The fourth-order valence-electron chi connectivity index (χ4n) is 2.13. The number of benzene rings is 1. The van der Waals surface area contributed by atoms with Crippen LogP contribution in [0.25, 0.3) is 10.9 Å². The minimum atomic E-state index is -3.81. The van der Waals surface area contributed by atoms with E-state index in [-0.39, 0.29) is 22.3 Å². The predicted molar refractivity (Wildman–Crippen MR) is 87.9 cm³/mol. The van der Waals surface area contributed by atoms with Crippen molar-refractivity contribution in [3.05, 3.63) is 39.0 Å². The molecule has 0 spiro atoms. The van der Waals surface area contributed by atoms with E-state index in [4.69, 9.17) is 5.73 Å². The molecule has 5 N–H and O–H groups in total. The molecule has 1 aromatic heterocycles. The standard InChI is InChI=1S/C14H20N4O4S/c1-3-14(15,4-2)8-16-23(21,22)9-5-6-11-10(7-9)12(19)18-13(20)17-11/h5-7,16H,3-4,8,15H2,1-2H3,(H2,17,18,19,20). The fourth-order valence-corrected chi connectivity index (χ4v) is 3.30. The Balaban J connectivity index is 2.39. The quantitative estimate of drug-likeness (QED) is 0.587. The van der Waals surface area contributed by atoms with Crippen molar-refractivity contribution in [2.24, 2.45) is 5.73 Å². The van der Waals surface area contributed by atoms with Gasteiger partial charge in [-0.2, -0.15) is 0 Å². The van der Waals surface area contributed by atoms with Gasteiger partial charge in [-0.25, -0.2) is 17.9 Å². The Bertz CT molecular complexity index is 926. The average molecular weight is 340 g/mol. The van der Waals surface area contributed by atoms with E-state index in [9.17, 15) is 18.0 Å². The van der Waals surface area contributed by atoms with Crippen molar-refractivity contribution < 1.29 is 8.42 Å². The molecule has 9 heteroatoms. The summed E-state index contributed by atoms with van der Waals surface area (Å²) in [5.74, 6) is 0. The lowest BCUT2D eigenvalue weighted by Crippen LogP contribution is -2.49. The van der Waals surface area contributed by atoms with Gasteiger partial charge in [-0.15, -0.1) is 0 Å². The molecule has 2 aromatic rings. The van der Waals surface area contributed by atoms with Gasteiger partial charge in [-0.1, -0.05) is 13.8 Å². The molecule has 0 aliphatic carbocycles. The lowest BCUT2D eigenvalue weighted by Gasteiger charge is -2.26. The Morgan fingerprint density at radius 2 is 1.83 bits per heavy atom. The lowest BCUT2D eigenvalue weighted by molar-refractivity contribution is 0.392. The first kappa shape index (κ1) is 17.4. The monoisotopic (exact) mass is 340 g/mol. The molecule has 0 fully saturated rings. The first-order valence-electron chi connectivity index (χ1n) is 7.25. The molecule has 0 aliphatic heterocycles. The van der Waals surface area contributed by atoms with Gasteiger partial charge in [0.1, 0.15) is 0 Å². The summed E-state index contributed by atoms with van der Waals surface area (Å²) in [5, 5.41) is 0.0949. The molecule has 0 bridgehead atoms. The van der Waals surface area contributed by atoms with Crippen molar-refractivity contribution in [2.45, 2.75) is 37.1 Å². The first-order valence-corrected chi connectivity index (χ1v) is 8.74. The third kappa shape index (κ3) is 3.69. The van der Waals surface area contributed by atoms with E-state index in [2.05, 4.69) is 14.7 Å². The Kier molecular flexibility index (Phi) is 4.73. The summed E-state index contributed by atoms with van der Waals surface area (Å²) in [6, 6.07) is 3.94. The van der Waals surface area contributed by atoms with Gasteiger partial charge in [0.05, 0.1) is 15.8 Å². The molecule has 1 aromatic carbocycles. The second-order valence-corrected chi connectivity index (χ2v) is 7.28. The van der Waals surface area contributed by atoms with Gasteiger partial charge in [0.15, 0.2) is 0 Å². The molecule has 2 rings (SSSR count). The molecule has 126 valence electrons. The number of fused-ring (bicyclic) bond motifs is 1. The van der Waals surface area contributed by atoms with Crippen LogP contribution in [-0.2, 0) is 10.0 Å². The number of nitrogens with two attached hydrogens (primary N) is 1. The number of aromatic amines is 2. The third-order valence-electron chi connectivity index (χ3n) is 4.04. The van der Waals surface area contributed by atoms with Crippen molar-refractivity contribution in [1.82, 2.24) is 14.7 Å². The van der Waals surface area contributed by atoms with Gasteiger partial charge in [0, 0.05) is 12.1 Å². The molecule has 0 unspecified atom stereocenters. The Morgan fingerprint density at radius 3 is 2.43 bits per heavy atom. The number of hydrogen-bond donors (Lipinski definition) is 4. The molecule has 0 atom stereocenters. The number of nitrogens with one attached hydrogen (secondary N) is 3. The van der Waals surface area contributed by atoms with Gasteiger partial charge in [-0.3, -0.25) is 9.78 Å². The van der Waals surface area contributed by atoms with Crippen LogP contribution < -0.4 is 21.7 Å². The van der Waals surface area contributed by atoms with Gasteiger partial charge < -0.3 is 10.7 Å². The first-order chi connectivity index (χ1) is 10.7. The predicted octanol–water partition coefficient (Wildman–Crippen LogP) is 0.0122. The zero-order chi connectivity index (χ0) is 17.3. The maximum absolute atomic E-state index is 12.4. The highest BCUT2D eigenvalue weighted by Gasteiger charge is 2.24. The van der Waals surface area contributed by atoms with Crippen LogP contribution in [0.2, 0.25) is 0 Å². The molecule has 23 heavy (non-hydrogen) atoms. The highest BCUT2D eigenvalue weighted by Crippen LogP contribution is 2.16. The number of aromatic nitrogens is 2. The molecule has 8 nitrogen and oxygen atoms in total. The minimum absolute atomic E-state index is 0.0582. The highest BCUT2D eigenvalue weighted by atomic mass is 32.2. The molecular weight excluding hydrogens is 320 g/mol. The summed E-state index contributed by atoms with van der Waals surface area (Å²) in [4.78, 5) is 27.4. The van der Waals surface area contributed by atoms with Crippen LogP contribution in [0, 0.1) is 0 Å². The second kappa shape index (κ2) is 6.26. The zero-order valence-corrected chi connectivity index (χ0v) is 13.8. The van der Waals surface area contributed by atoms with E-state index in [1.807, 2.05) is 13.8 Å². The number of sulfonamides is 1. The van der Waals surface area contributed by atoms with E-state index in [1.54, 1.807) is 0 Å². The summed E-state index contributed by atoms with van der Waals surface area (Å²) in [6.45, 7) is 3.88. The summed E-state index contributed by atoms with van der Waals surface area (Å²) in [6.07, 6.45) is 1.26. The number of hydrogen-bond acceptors (Lipinski definition) is 5. The Hall–Kier alpha value is -1.97. The molecule has 0 amide bonds. The molecule has 1 heterocycles. The van der Waals surface area contributed by atoms with Crippen LogP contribution >= 0.6 is 0 Å². The van der Waals surface area contributed by atoms with Crippen molar-refractivity contribution in [3.63, 3.8) is 0 Å². The third-order valence-corrected chi connectivity index (χ3v) is 5.44. The van der Waals surface area contributed by atoms with Gasteiger partial charge in [0.25, 0.3) is 5.56 Å². The maximum Gasteiger partial charge on any atom is 0.326 e. The SMILES string of the molecule is CCC(N)(CC)CNS(=O)(=O)c1ccc2[nH]c(=O)[nH]c(=O)c2c1. The minimum Gasteiger partial charge on any atom is -0.324 e. The molecule has 0 radical (unpaired) electrons. The van der Waals surface area contributed by atoms with Gasteiger partial charge in [-0.05, 0) is 31.0 Å². The normalized spacial score (nSPS) is 12.7. The van der Waals surface area contributed by atoms with Crippen molar-refractivity contribution in [3.8, 4) is 0 Å². The number of rotatable bonds is 6. The largest absolute Gasteiger partial charge is 0.326 e. The van der Waals surface area contributed by atoms with E-state index in [0.717, 1.165) is 0 Å². The fraction of sp³-hybridized carbons (Fsp3) is 0.429. The van der Waals surface area contributed by atoms with Crippen LogP contribution in [0.15, 0.2) is 32.7 Å². The van der Waals surface area contributed by atoms with Crippen molar-refractivity contribution >= 4 is 20.9 Å². The topological polar surface area (TPSA) is 138 Å². The van der Waals surface area contributed by atoms with Crippen LogP contribution in [0.1, 0.15) is 26.7 Å². The van der Waals surface area contributed by atoms with Crippen LogP contribution in [0.5, 0.6) is 0 Å². The summed E-state index contributed by atoms with van der Waals surface area (Å²) < 4.78 is 27.2. The maximum atomic E-state index is 12.4. The molecule has 0 saturated heterocycles. The Morgan fingerprint density at radius 1 is 1.17 bits per heavy atom. The molecule has 0 saturated carbocycles. The summed E-state index contributed by atoms with van der Waals surface area (Å²) in [5.41, 5.74) is 4.46. The van der Waals surface area contributed by atoms with Crippen molar-refractivity contribution in [1.29, 1.82) is 0 Å². The van der Waals surface area contributed by atoms with E-state index in [0.29, 0.717) is 12.8 Å². The molecule has 0 aliphatic rings. The lowest BCUT2D eigenvalue weighted by atomic mass is 9.95. The van der Waals surface area contributed by atoms with Gasteiger partial charge >= 0.3 is 5.69 Å². The molecular formula is C14H20N4O4S. The van der Waals surface area contributed by atoms with E-state index < -0.39 is 26.8 Å². The summed E-state index contributed by atoms with van der Waals surface area (Å²) >= 11 is 0. The number of H-pyrrole nitrogens is 2. The van der Waals surface area contributed by atoms with Crippen molar-refractivity contribution in [2.75, 3.05) is 6.54 Å². The summed E-state index contributed by atoms with van der Waals surface area (Å²) in [7, 11) is -3.81. The van der Waals surface area contributed by atoms with Gasteiger partial charge in [0.2, 0.25) is 10.0 Å². The van der Waals surface area contributed by atoms with Crippen LogP contribution in [-0.4, -0.2) is 30.5 Å². The van der Waals surface area contributed by atoms with E-state index >= 15 is 0 Å². The highest BCUT2D eigenvalue weighted by molar-refractivity contribution is 7.89. The smallest absolute Gasteiger partial charge is 0.324 e. The average Bonchev–Trinajstić information content (AvgIpc) is 2.52. The van der Waals surface area contributed by atoms with E-state index in [1.165, 1.54) is 18.2 Å². The van der Waals surface area contributed by atoms with Crippen LogP contribution in [0.4, 0.5) is 0 Å². The second-order valence-electron chi connectivity index (χ2n) is 5.51. The Labute approximate surface area is 133 Å².